The van der Waals surface area contributed by atoms with Crippen LogP contribution in [0.3, 0.4) is 0 Å². The van der Waals surface area contributed by atoms with Crippen LogP contribution in [0.1, 0.15) is 17.2 Å². The Morgan fingerprint density at radius 1 is 1.17 bits per heavy atom. The van der Waals surface area contributed by atoms with Crippen molar-refractivity contribution in [3.63, 3.8) is 0 Å². The third kappa shape index (κ3) is 3.59. The maximum atomic E-state index is 13.0. The Bertz CT molecular complexity index is 527. The molecule has 1 nitrogen and oxygen atoms in total. The van der Waals surface area contributed by atoms with Crippen molar-refractivity contribution >= 4 is 11.8 Å². The molecule has 2 N–H and O–H groups in total. The largest absolute Gasteiger partial charge is 0.323 e. The minimum Gasteiger partial charge on any atom is -0.323 e. The van der Waals surface area contributed by atoms with E-state index in [0.717, 1.165) is 16.2 Å². The summed E-state index contributed by atoms with van der Waals surface area (Å²) >= 11 is 1.58. The number of halogens is 1. The smallest absolute Gasteiger partial charge is 0.124 e. The molecule has 0 radical (unpaired) electrons. The van der Waals surface area contributed by atoms with E-state index < -0.39 is 0 Å². The summed E-state index contributed by atoms with van der Waals surface area (Å²) in [6, 6.07) is 14.8. The Hall–Kier alpha value is -1.32. The topological polar surface area (TPSA) is 26.0 Å². The van der Waals surface area contributed by atoms with Gasteiger partial charge in [0.05, 0.1) is 0 Å². The third-order valence-corrected chi connectivity index (χ3v) is 3.81. The lowest BCUT2D eigenvalue weighted by Gasteiger charge is -2.12. The van der Waals surface area contributed by atoms with Gasteiger partial charge >= 0.3 is 0 Å². The molecular weight excluding hydrogens is 245 g/mol. The third-order valence-electron chi connectivity index (χ3n) is 2.70. The Morgan fingerprint density at radius 3 is 2.67 bits per heavy atom. The van der Waals surface area contributed by atoms with Crippen LogP contribution >= 0.6 is 11.8 Å². The van der Waals surface area contributed by atoms with Crippen molar-refractivity contribution in [2.75, 3.05) is 5.75 Å². The molecule has 94 valence electrons. The minimum absolute atomic E-state index is 0.0295. The Balaban J connectivity index is 1.98. The number of hydrogen-bond donors (Lipinski definition) is 1. The molecule has 3 heteroatoms. The summed E-state index contributed by atoms with van der Waals surface area (Å²) < 4.78 is 13.0. The molecule has 0 heterocycles. The fraction of sp³-hybridized carbons (Fsp3) is 0.200. The van der Waals surface area contributed by atoms with E-state index in [1.54, 1.807) is 17.8 Å². The van der Waals surface area contributed by atoms with Crippen molar-refractivity contribution in [2.45, 2.75) is 17.9 Å². The highest BCUT2D eigenvalue weighted by Crippen LogP contribution is 2.24. The second-order valence-electron chi connectivity index (χ2n) is 4.29. The van der Waals surface area contributed by atoms with Gasteiger partial charge in [-0.2, -0.15) is 0 Å². The van der Waals surface area contributed by atoms with Crippen LogP contribution in [0, 0.1) is 12.7 Å². The lowest BCUT2D eigenvalue weighted by molar-refractivity contribution is 0.624. The summed E-state index contributed by atoms with van der Waals surface area (Å²) in [5.74, 6) is 0.538. The molecule has 0 saturated carbocycles. The summed E-state index contributed by atoms with van der Waals surface area (Å²) in [5, 5.41) is 0. The zero-order chi connectivity index (χ0) is 13.0. The molecule has 0 bridgehead atoms. The van der Waals surface area contributed by atoms with E-state index in [1.807, 2.05) is 18.2 Å². The number of hydrogen-bond acceptors (Lipinski definition) is 2. The van der Waals surface area contributed by atoms with Crippen molar-refractivity contribution < 1.29 is 4.39 Å². The van der Waals surface area contributed by atoms with E-state index >= 15 is 0 Å². The van der Waals surface area contributed by atoms with Crippen LogP contribution in [-0.2, 0) is 0 Å². The van der Waals surface area contributed by atoms with Crippen LogP contribution in [0.5, 0.6) is 0 Å². The van der Waals surface area contributed by atoms with Gasteiger partial charge in [-0.3, -0.25) is 0 Å². The number of nitrogens with two attached hydrogens (primary N) is 1. The van der Waals surface area contributed by atoms with Crippen molar-refractivity contribution in [1.29, 1.82) is 0 Å². The van der Waals surface area contributed by atoms with Gasteiger partial charge in [0.25, 0.3) is 0 Å². The van der Waals surface area contributed by atoms with Gasteiger partial charge in [0, 0.05) is 16.7 Å². The van der Waals surface area contributed by atoms with Crippen molar-refractivity contribution in [3.8, 4) is 0 Å². The highest BCUT2D eigenvalue weighted by atomic mass is 32.2. The van der Waals surface area contributed by atoms with Gasteiger partial charge in [-0.15, -0.1) is 11.8 Å². The SMILES string of the molecule is Cc1cccc(C(N)CSc2cccc(F)c2)c1. The van der Waals surface area contributed by atoms with Gasteiger partial charge in [-0.05, 0) is 30.7 Å². The monoisotopic (exact) mass is 261 g/mol. The maximum Gasteiger partial charge on any atom is 0.124 e. The summed E-state index contributed by atoms with van der Waals surface area (Å²) in [6.45, 7) is 2.05. The highest BCUT2D eigenvalue weighted by Gasteiger charge is 2.07. The zero-order valence-corrected chi connectivity index (χ0v) is 11.1. The van der Waals surface area contributed by atoms with Crippen LogP contribution in [-0.4, -0.2) is 5.75 Å². The predicted octanol–water partition coefficient (Wildman–Crippen LogP) is 3.93. The van der Waals surface area contributed by atoms with Gasteiger partial charge in [0.1, 0.15) is 5.82 Å². The van der Waals surface area contributed by atoms with Crippen molar-refractivity contribution in [3.05, 3.63) is 65.5 Å². The molecule has 0 spiro atoms. The average molecular weight is 261 g/mol. The van der Waals surface area contributed by atoms with E-state index in [-0.39, 0.29) is 11.9 Å². The average Bonchev–Trinajstić information content (AvgIpc) is 2.36. The molecule has 0 amide bonds. The summed E-state index contributed by atoms with van der Waals surface area (Å²) in [4.78, 5) is 0.915. The van der Waals surface area contributed by atoms with Gasteiger partial charge in [0.2, 0.25) is 0 Å². The Kier molecular flexibility index (Phi) is 4.39. The lowest BCUT2D eigenvalue weighted by Crippen LogP contribution is -2.12. The van der Waals surface area contributed by atoms with E-state index in [9.17, 15) is 4.39 Å². The van der Waals surface area contributed by atoms with Crippen LogP contribution in [0.25, 0.3) is 0 Å². The summed E-state index contributed by atoms with van der Waals surface area (Å²) in [6.07, 6.45) is 0. The van der Waals surface area contributed by atoms with Crippen LogP contribution in [0.4, 0.5) is 4.39 Å². The molecule has 1 atom stereocenters. The maximum absolute atomic E-state index is 13.0. The predicted molar refractivity (Wildman–Crippen MR) is 75.2 cm³/mol. The van der Waals surface area contributed by atoms with Gasteiger partial charge in [-0.25, -0.2) is 4.39 Å². The molecule has 2 aromatic carbocycles. The summed E-state index contributed by atoms with van der Waals surface area (Å²) in [5.41, 5.74) is 8.47. The first-order valence-corrected chi connectivity index (χ1v) is 6.84. The van der Waals surface area contributed by atoms with Crippen LogP contribution in [0.15, 0.2) is 53.4 Å². The molecule has 2 rings (SSSR count). The highest BCUT2D eigenvalue weighted by molar-refractivity contribution is 7.99. The normalized spacial score (nSPS) is 12.4. The first-order chi connectivity index (χ1) is 8.65. The molecule has 0 aliphatic heterocycles. The number of aryl methyl sites for hydroxylation is 1. The quantitative estimate of drug-likeness (QED) is 0.844. The first-order valence-electron chi connectivity index (χ1n) is 5.85. The van der Waals surface area contributed by atoms with Gasteiger partial charge in [0.15, 0.2) is 0 Å². The summed E-state index contributed by atoms with van der Waals surface area (Å²) in [7, 11) is 0. The second kappa shape index (κ2) is 6.03. The fourth-order valence-electron chi connectivity index (χ4n) is 1.74. The number of thioether (sulfide) groups is 1. The molecule has 2 aromatic rings. The lowest BCUT2D eigenvalue weighted by atomic mass is 10.1. The molecule has 0 aliphatic rings. The van der Waals surface area contributed by atoms with E-state index in [0.29, 0.717) is 0 Å². The van der Waals surface area contributed by atoms with Crippen LogP contribution in [0.2, 0.25) is 0 Å². The standard InChI is InChI=1S/C15H16FNS/c1-11-4-2-5-12(8-11)15(17)10-18-14-7-3-6-13(16)9-14/h2-9,15H,10,17H2,1H3. The van der Waals surface area contributed by atoms with Crippen molar-refractivity contribution in [1.82, 2.24) is 0 Å². The molecule has 1 unspecified atom stereocenters. The Morgan fingerprint density at radius 2 is 1.94 bits per heavy atom. The van der Waals surface area contributed by atoms with Gasteiger partial charge < -0.3 is 5.73 Å². The van der Waals surface area contributed by atoms with Crippen molar-refractivity contribution in [2.24, 2.45) is 5.73 Å². The molecular formula is C15H16FNS. The molecule has 0 saturated heterocycles. The van der Waals surface area contributed by atoms with E-state index in [1.165, 1.54) is 17.7 Å². The molecule has 0 aromatic heterocycles. The molecule has 0 fully saturated rings. The molecule has 0 aliphatic carbocycles. The van der Waals surface area contributed by atoms with E-state index in [4.69, 9.17) is 5.73 Å². The first kappa shape index (κ1) is 13.1. The second-order valence-corrected chi connectivity index (χ2v) is 5.38. The number of rotatable bonds is 4. The van der Waals surface area contributed by atoms with Gasteiger partial charge in [-0.1, -0.05) is 35.9 Å². The zero-order valence-electron chi connectivity index (χ0n) is 10.3. The van der Waals surface area contributed by atoms with E-state index in [2.05, 4.69) is 19.1 Å². The fourth-order valence-corrected chi connectivity index (χ4v) is 2.67. The number of benzene rings is 2. The van der Waals surface area contributed by atoms with Crippen LogP contribution < -0.4 is 5.73 Å². The molecule has 18 heavy (non-hydrogen) atoms. The Labute approximate surface area is 111 Å². The minimum atomic E-state index is -0.205.